The van der Waals surface area contributed by atoms with Gasteiger partial charge in [-0.3, -0.25) is 14.9 Å². The molecule has 0 radical (unpaired) electrons. The molecule has 1 aliphatic carbocycles. The molecule has 0 spiro atoms. The number of hydrogen-bond donors (Lipinski definition) is 1. The van der Waals surface area contributed by atoms with E-state index < -0.39 is 4.92 Å². The zero-order chi connectivity index (χ0) is 13.1. The minimum absolute atomic E-state index is 0.114. The molecular weight excluding hydrogens is 234 g/mol. The van der Waals surface area contributed by atoms with Crippen molar-refractivity contribution >= 4 is 17.2 Å². The topological polar surface area (TPSA) is 80.4 Å². The maximum Gasteiger partial charge on any atom is 0.280 e. The molecule has 2 rings (SSSR count). The molecule has 0 heterocycles. The van der Waals surface area contributed by atoms with E-state index in [0.717, 1.165) is 12.8 Å². The van der Waals surface area contributed by atoms with Crippen LogP contribution in [0.5, 0.6) is 0 Å². The highest BCUT2D eigenvalue weighted by Crippen LogP contribution is 2.31. The van der Waals surface area contributed by atoms with E-state index in [4.69, 9.17) is 0 Å². The number of aliphatic hydroxyl groups excluding tert-OH is 1. The average Bonchev–Trinajstić information content (AvgIpc) is 2.38. The molecule has 94 valence electrons. The van der Waals surface area contributed by atoms with Crippen LogP contribution in [0.2, 0.25) is 0 Å². The molecule has 0 aliphatic heterocycles. The van der Waals surface area contributed by atoms with Crippen LogP contribution in [0.25, 0.3) is 5.76 Å². The zero-order valence-electron chi connectivity index (χ0n) is 9.76. The summed E-state index contributed by atoms with van der Waals surface area (Å²) < 4.78 is 0. The molecule has 5 heteroatoms. The molecule has 0 bridgehead atoms. The summed E-state index contributed by atoms with van der Waals surface area (Å²) >= 11 is 0. The molecule has 0 saturated heterocycles. The fourth-order valence-corrected chi connectivity index (χ4v) is 2.12. The van der Waals surface area contributed by atoms with Gasteiger partial charge in [-0.25, -0.2) is 0 Å². The molecule has 0 atom stereocenters. The minimum Gasteiger partial charge on any atom is -0.507 e. The van der Waals surface area contributed by atoms with Crippen molar-refractivity contribution in [3.05, 3.63) is 45.5 Å². The second-order valence-corrected chi connectivity index (χ2v) is 4.23. The van der Waals surface area contributed by atoms with Crippen molar-refractivity contribution < 1.29 is 14.8 Å². The van der Waals surface area contributed by atoms with Crippen LogP contribution in [-0.2, 0) is 4.79 Å². The van der Waals surface area contributed by atoms with Crippen LogP contribution in [0.15, 0.2) is 29.8 Å². The van der Waals surface area contributed by atoms with Crippen molar-refractivity contribution in [1.82, 2.24) is 0 Å². The summed E-state index contributed by atoms with van der Waals surface area (Å²) in [6.45, 7) is 0. The Morgan fingerprint density at radius 3 is 2.56 bits per heavy atom. The first-order chi connectivity index (χ1) is 8.61. The molecule has 1 N–H and O–H groups in total. The molecule has 1 aliphatic rings. The number of nitrogens with zero attached hydrogens (tertiary/aromatic N) is 1. The first kappa shape index (κ1) is 12.3. The van der Waals surface area contributed by atoms with Crippen LogP contribution in [0.4, 0.5) is 5.69 Å². The van der Waals surface area contributed by atoms with Gasteiger partial charge in [0, 0.05) is 18.1 Å². The third-order valence-corrected chi connectivity index (χ3v) is 3.06. The summed E-state index contributed by atoms with van der Waals surface area (Å²) in [6.07, 6.45) is 2.52. The number of rotatable bonds is 2. The van der Waals surface area contributed by atoms with Crippen molar-refractivity contribution in [2.24, 2.45) is 0 Å². The van der Waals surface area contributed by atoms with E-state index in [0.29, 0.717) is 18.4 Å². The number of carbonyl (C=O) groups is 1. The molecule has 0 aromatic heterocycles. The first-order valence-electron chi connectivity index (χ1n) is 5.80. The predicted molar refractivity (Wildman–Crippen MR) is 66.1 cm³/mol. The molecule has 1 aromatic carbocycles. The Morgan fingerprint density at radius 1 is 1.22 bits per heavy atom. The van der Waals surface area contributed by atoms with E-state index in [-0.39, 0.29) is 22.8 Å². The summed E-state index contributed by atoms with van der Waals surface area (Å²) in [5.74, 6) is -0.357. The van der Waals surface area contributed by atoms with Gasteiger partial charge in [0.15, 0.2) is 5.78 Å². The van der Waals surface area contributed by atoms with Crippen molar-refractivity contribution in [3.8, 4) is 0 Å². The van der Waals surface area contributed by atoms with E-state index in [2.05, 4.69) is 0 Å². The Labute approximate surface area is 104 Å². The lowest BCUT2D eigenvalue weighted by atomic mass is 9.90. The van der Waals surface area contributed by atoms with Crippen LogP contribution in [0.1, 0.15) is 31.2 Å². The van der Waals surface area contributed by atoms with Gasteiger partial charge in [0.25, 0.3) is 5.69 Å². The van der Waals surface area contributed by atoms with Gasteiger partial charge in [-0.05, 0) is 25.3 Å². The highest BCUT2D eigenvalue weighted by atomic mass is 16.6. The van der Waals surface area contributed by atoms with Gasteiger partial charge in [0.1, 0.15) is 5.76 Å². The summed E-state index contributed by atoms with van der Waals surface area (Å²) in [7, 11) is 0. The molecule has 1 saturated carbocycles. The van der Waals surface area contributed by atoms with E-state index in [1.165, 1.54) is 18.2 Å². The van der Waals surface area contributed by atoms with Gasteiger partial charge in [0.2, 0.25) is 0 Å². The highest BCUT2D eigenvalue weighted by molar-refractivity contribution is 6.02. The van der Waals surface area contributed by atoms with E-state index >= 15 is 0 Å². The van der Waals surface area contributed by atoms with Crippen molar-refractivity contribution in [1.29, 1.82) is 0 Å². The molecule has 0 amide bonds. The quantitative estimate of drug-likeness (QED) is 0.377. The fraction of sp³-hybridized carbons (Fsp3) is 0.308. The summed E-state index contributed by atoms with van der Waals surface area (Å²) in [6, 6.07) is 5.91. The predicted octanol–water partition coefficient (Wildman–Crippen LogP) is 3.01. The number of nitro benzene ring substituents is 1. The van der Waals surface area contributed by atoms with Crippen LogP contribution < -0.4 is 0 Å². The average molecular weight is 247 g/mol. The van der Waals surface area contributed by atoms with Crippen molar-refractivity contribution in [2.45, 2.75) is 25.7 Å². The fourth-order valence-electron chi connectivity index (χ4n) is 2.12. The number of benzene rings is 1. The number of nitro groups is 1. The lowest BCUT2D eigenvalue weighted by molar-refractivity contribution is -0.385. The van der Waals surface area contributed by atoms with Crippen molar-refractivity contribution in [3.63, 3.8) is 0 Å². The van der Waals surface area contributed by atoms with Gasteiger partial charge in [-0.15, -0.1) is 0 Å². The lowest BCUT2D eigenvalue weighted by Gasteiger charge is -2.14. The normalized spacial score (nSPS) is 18.6. The minimum atomic E-state index is -0.556. The van der Waals surface area contributed by atoms with Gasteiger partial charge in [-0.2, -0.15) is 0 Å². The summed E-state index contributed by atoms with van der Waals surface area (Å²) in [4.78, 5) is 22.0. The second-order valence-electron chi connectivity index (χ2n) is 4.23. The molecule has 0 unspecified atom stereocenters. The lowest BCUT2D eigenvalue weighted by Crippen LogP contribution is -2.11. The number of para-hydroxylation sites is 1. The zero-order valence-corrected chi connectivity index (χ0v) is 9.76. The number of hydrogen-bond acceptors (Lipinski definition) is 4. The Hall–Kier alpha value is -2.17. The molecule has 5 nitrogen and oxygen atoms in total. The highest BCUT2D eigenvalue weighted by Gasteiger charge is 2.24. The Morgan fingerprint density at radius 2 is 1.89 bits per heavy atom. The molecule has 1 fully saturated rings. The third kappa shape index (κ3) is 2.25. The summed E-state index contributed by atoms with van der Waals surface area (Å²) in [5, 5.41) is 21.0. The van der Waals surface area contributed by atoms with Crippen LogP contribution in [-0.4, -0.2) is 15.8 Å². The number of Topliss-reactive ketones (excluding diaryl/α,β-unsaturated/α-hetero) is 1. The van der Waals surface area contributed by atoms with Gasteiger partial charge in [0.05, 0.1) is 10.5 Å². The number of allylic oxidation sites excluding steroid dienone is 1. The standard InChI is InChI=1S/C13H13NO4/c15-12-8-4-2-6-10(12)13(16)9-5-1-3-7-11(9)14(17)18/h1,3,5,7,16H,2,4,6,8H2/b13-10-. The van der Waals surface area contributed by atoms with Crippen LogP contribution in [0.3, 0.4) is 0 Å². The maximum absolute atomic E-state index is 11.7. The summed E-state index contributed by atoms with van der Waals surface area (Å²) in [5.41, 5.74) is 0.254. The molecule has 1 aromatic rings. The van der Waals surface area contributed by atoms with Gasteiger partial charge < -0.3 is 5.11 Å². The Kier molecular flexibility index (Phi) is 3.41. The Bertz CT molecular complexity index is 534. The third-order valence-electron chi connectivity index (χ3n) is 3.06. The first-order valence-corrected chi connectivity index (χ1v) is 5.80. The largest absolute Gasteiger partial charge is 0.507 e. The molecular formula is C13H13NO4. The van der Waals surface area contributed by atoms with Gasteiger partial charge >= 0.3 is 0 Å². The number of ketones is 1. The smallest absolute Gasteiger partial charge is 0.280 e. The number of carbonyl (C=O) groups excluding carboxylic acids is 1. The molecule has 18 heavy (non-hydrogen) atoms. The number of aliphatic hydroxyl groups is 1. The SMILES string of the molecule is O=C1CCCC/C1=C(/O)c1ccccc1[N+](=O)[O-]. The Balaban J connectivity index is 2.51. The second kappa shape index (κ2) is 5.00. The monoisotopic (exact) mass is 247 g/mol. The van der Waals surface area contributed by atoms with Gasteiger partial charge in [-0.1, -0.05) is 12.1 Å². The van der Waals surface area contributed by atoms with E-state index in [1.54, 1.807) is 6.07 Å². The van der Waals surface area contributed by atoms with E-state index in [1.807, 2.05) is 0 Å². The van der Waals surface area contributed by atoms with E-state index in [9.17, 15) is 20.0 Å². The van der Waals surface area contributed by atoms with Crippen molar-refractivity contribution in [2.75, 3.05) is 0 Å². The van der Waals surface area contributed by atoms with Crippen LogP contribution in [0, 0.1) is 10.1 Å². The maximum atomic E-state index is 11.7. The van der Waals surface area contributed by atoms with Crippen LogP contribution >= 0.6 is 0 Å².